The van der Waals surface area contributed by atoms with Crippen molar-refractivity contribution in [1.82, 2.24) is 4.57 Å². The fourth-order valence-electron chi connectivity index (χ4n) is 8.04. The first-order chi connectivity index (χ1) is 25.7. The summed E-state index contributed by atoms with van der Waals surface area (Å²) in [6.07, 6.45) is 7.74. The lowest BCUT2D eigenvalue weighted by Crippen LogP contribution is -2.19. The molecular formula is C49H36N2S. The van der Waals surface area contributed by atoms with Crippen LogP contribution in [0.25, 0.3) is 69.9 Å². The fourth-order valence-corrected chi connectivity index (χ4v) is 9.28. The zero-order valence-corrected chi connectivity index (χ0v) is 29.7. The molecule has 52 heavy (non-hydrogen) atoms. The molecule has 0 amide bonds. The Balaban J connectivity index is 1.03. The number of rotatable bonds is 6. The van der Waals surface area contributed by atoms with Gasteiger partial charge in [0.2, 0.25) is 0 Å². The van der Waals surface area contributed by atoms with Gasteiger partial charge in [0, 0.05) is 53.7 Å². The molecule has 3 heteroatoms. The average Bonchev–Trinajstić information content (AvgIpc) is 3.74. The molecule has 0 bridgehead atoms. The minimum Gasteiger partial charge on any atom is -0.314 e. The number of allylic oxidation sites excluding steroid dienone is 4. The van der Waals surface area contributed by atoms with E-state index < -0.39 is 0 Å². The largest absolute Gasteiger partial charge is 0.314 e. The Hall–Kier alpha value is -6.16. The van der Waals surface area contributed by atoms with Gasteiger partial charge in [-0.3, -0.25) is 0 Å². The summed E-state index contributed by atoms with van der Waals surface area (Å²) >= 11 is 1.89. The SMILES string of the molecule is CC1C=CC=C(N(c2ccccc2)c2ccc(-c3ccc(-n4c5ccccc5c5ccc(-c6cccc7c6sc6ccccc67)cc54)cc3)cc2)C1. The van der Waals surface area contributed by atoms with Crippen LogP contribution >= 0.6 is 11.3 Å². The lowest BCUT2D eigenvalue weighted by Gasteiger charge is -2.30. The van der Waals surface area contributed by atoms with Crippen LogP contribution in [0.15, 0.2) is 188 Å². The van der Waals surface area contributed by atoms with Crippen molar-refractivity contribution >= 4 is 64.7 Å². The summed E-state index contributed by atoms with van der Waals surface area (Å²) in [4.78, 5) is 2.39. The number of nitrogens with zero attached hydrogens (tertiary/aromatic N) is 2. The molecule has 2 nitrogen and oxygen atoms in total. The maximum Gasteiger partial charge on any atom is 0.0547 e. The number of para-hydroxylation sites is 2. The standard InChI is InChI=1S/C49H36N2S/c1-33-11-9-14-40(31-33)50(37-12-3-2-4-13-37)38-26-21-34(22-27-38)35-23-28-39(29-24-35)51-46-19-7-5-15-42(46)43-30-25-36(32-47(43)51)41-17-10-18-45-44-16-6-8-20-48(44)52-49(41)45/h2-30,32-33H,31H2,1H3. The van der Waals surface area contributed by atoms with E-state index in [0.29, 0.717) is 5.92 Å². The normalized spacial score (nSPS) is 14.4. The zero-order valence-electron chi connectivity index (χ0n) is 28.9. The van der Waals surface area contributed by atoms with E-state index in [1.807, 2.05) is 11.3 Å². The first kappa shape index (κ1) is 30.6. The Labute approximate surface area is 307 Å². The number of aromatic nitrogens is 1. The predicted octanol–water partition coefficient (Wildman–Crippen LogP) is 14.1. The molecule has 0 aliphatic heterocycles. The van der Waals surface area contributed by atoms with Crippen LogP contribution in [0.3, 0.4) is 0 Å². The van der Waals surface area contributed by atoms with Gasteiger partial charge in [-0.1, -0.05) is 128 Å². The van der Waals surface area contributed by atoms with Gasteiger partial charge < -0.3 is 9.47 Å². The van der Waals surface area contributed by atoms with Crippen molar-refractivity contribution in [3.63, 3.8) is 0 Å². The Morgan fingerprint density at radius 2 is 1.21 bits per heavy atom. The minimum atomic E-state index is 0.515. The van der Waals surface area contributed by atoms with Gasteiger partial charge >= 0.3 is 0 Å². The highest BCUT2D eigenvalue weighted by atomic mass is 32.1. The second kappa shape index (κ2) is 12.6. The topological polar surface area (TPSA) is 8.17 Å². The predicted molar refractivity (Wildman–Crippen MR) is 224 cm³/mol. The Morgan fingerprint density at radius 1 is 0.558 bits per heavy atom. The van der Waals surface area contributed by atoms with Crippen LogP contribution in [0, 0.1) is 5.92 Å². The van der Waals surface area contributed by atoms with Gasteiger partial charge in [-0.05, 0) is 95.3 Å². The van der Waals surface area contributed by atoms with Gasteiger partial charge in [0.1, 0.15) is 0 Å². The van der Waals surface area contributed by atoms with Crippen molar-refractivity contribution in [1.29, 1.82) is 0 Å². The van der Waals surface area contributed by atoms with E-state index in [9.17, 15) is 0 Å². The van der Waals surface area contributed by atoms with Gasteiger partial charge in [-0.25, -0.2) is 0 Å². The molecule has 10 rings (SSSR count). The zero-order chi connectivity index (χ0) is 34.6. The van der Waals surface area contributed by atoms with Gasteiger partial charge in [-0.15, -0.1) is 11.3 Å². The van der Waals surface area contributed by atoms with E-state index in [4.69, 9.17) is 0 Å². The second-order valence-electron chi connectivity index (χ2n) is 13.9. The molecule has 0 N–H and O–H groups in total. The molecular weight excluding hydrogens is 649 g/mol. The number of benzene rings is 7. The summed E-state index contributed by atoms with van der Waals surface area (Å²) in [7, 11) is 0. The van der Waals surface area contributed by atoms with Crippen LogP contribution in [0.4, 0.5) is 11.4 Å². The highest BCUT2D eigenvalue weighted by Crippen LogP contribution is 2.42. The van der Waals surface area contributed by atoms with Crippen molar-refractivity contribution in [2.75, 3.05) is 4.90 Å². The molecule has 2 aromatic heterocycles. The summed E-state index contributed by atoms with van der Waals surface area (Å²) in [5.74, 6) is 0.515. The van der Waals surface area contributed by atoms with E-state index >= 15 is 0 Å². The van der Waals surface area contributed by atoms with Gasteiger partial charge in [0.15, 0.2) is 0 Å². The van der Waals surface area contributed by atoms with Crippen LogP contribution in [-0.2, 0) is 0 Å². The molecule has 1 unspecified atom stereocenters. The lowest BCUT2D eigenvalue weighted by molar-refractivity contribution is 0.696. The van der Waals surface area contributed by atoms with Crippen LogP contribution < -0.4 is 4.90 Å². The number of anilines is 2. The molecule has 1 atom stereocenters. The summed E-state index contributed by atoms with van der Waals surface area (Å²) in [6, 6.07) is 60.0. The average molecular weight is 685 g/mol. The monoisotopic (exact) mass is 684 g/mol. The highest BCUT2D eigenvalue weighted by molar-refractivity contribution is 7.26. The van der Waals surface area contributed by atoms with Crippen LogP contribution in [0.2, 0.25) is 0 Å². The summed E-state index contributed by atoms with van der Waals surface area (Å²) < 4.78 is 5.10. The van der Waals surface area contributed by atoms with E-state index in [1.54, 1.807) is 0 Å². The van der Waals surface area contributed by atoms with Crippen LogP contribution in [-0.4, -0.2) is 4.57 Å². The minimum absolute atomic E-state index is 0.515. The van der Waals surface area contributed by atoms with E-state index in [0.717, 1.165) is 12.1 Å². The molecule has 0 spiro atoms. The second-order valence-corrected chi connectivity index (χ2v) is 14.9. The van der Waals surface area contributed by atoms with Crippen LogP contribution in [0.5, 0.6) is 0 Å². The lowest BCUT2D eigenvalue weighted by atomic mass is 9.98. The van der Waals surface area contributed by atoms with E-state index in [-0.39, 0.29) is 0 Å². The number of hydrogen-bond acceptors (Lipinski definition) is 2. The van der Waals surface area contributed by atoms with Gasteiger partial charge in [0.25, 0.3) is 0 Å². The molecule has 7 aromatic carbocycles. The quantitative estimate of drug-likeness (QED) is 0.169. The molecule has 0 fully saturated rings. The molecule has 9 aromatic rings. The smallest absolute Gasteiger partial charge is 0.0547 e. The Kier molecular flexibility index (Phi) is 7.40. The molecule has 2 heterocycles. The highest BCUT2D eigenvalue weighted by Gasteiger charge is 2.19. The first-order valence-corrected chi connectivity index (χ1v) is 18.9. The fraction of sp³-hybridized carbons (Fsp3) is 0.0612. The van der Waals surface area contributed by atoms with Gasteiger partial charge in [-0.2, -0.15) is 0 Å². The van der Waals surface area contributed by atoms with Crippen molar-refractivity contribution in [3.8, 4) is 27.9 Å². The van der Waals surface area contributed by atoms with Crippen LogP contribution in [0.1, 0.15) is 13.3 Å². The molecule has 248 valence electrons. The third-order valence-corrected chi connectivity index (χ3v) is 11.8. The third-order valence-electron chi connectivity index (χ3n) is 10.5. The van der Waals surface area contributed by atoms with E-state index in [2.05, 4.69) is 198 Å². The van der Waals surface area contributed by atoms with Crippen molar-refractivity contribution in [3.05, 3.63) is 188 Å². The molecule has 0 saturated carbocycles. The molecule has 0 saturated heterocycles. The summed E-state index contributed by atoms with van der Waals surface area (Å²) in [6.45, 7) is 2.28. The maximum atomic E-state index is 2.43. The number of thiophene rings is 1. The van der Waals surface area contributed by atoms with Gasteiger partial charge in [0.05, 0.1) is 11.0 Å². The first-order valence-electron chi connectivity index (χ1n) is 18.1. The number of fused-ring (bicyclic) bond motifs is 6. The van der Waals surface area contributed by atoms with E-state index in [1.165, 1.54) is 81.3 Å². The Morgan fingerprint density at radius 3 is 2.02 bits per heavy atom. The van der Waals surface area contributed by atoms with Crippen molar-refractivity contribution in [2.45, 2.75) is 13.3 Å². The van der Waals surface area contributed by atoms with Crippen molar-refractivity contribution in [2.24, 2.45) is 5.92 Å². The third kappa shape index (κ3) is 5.16. The summed E-state index contributed by atoms with van der Waals surface area (Å²) in [5, 5.41) is 5.19. The molecule has 1 aliphatic rings. The Bertz CT molecular complexity index is 2820. The molecule has 1 aliphatic carbocycles. The summed E-state index contributed by atoms with van der Waals surface area (Å²) in [5.41, 5.74) is 12.2. The number of hydrogen-bond donors (Lipinski definition) is 0. The van der Waals surface area contributed by atoms with Crippen molar-refractivity contribution < 1.29 is 0 Å². The molecule has 0 radical (unpaired) electrons. The maximum absolute atomic E-state index is 2.43.